The third-order valence-electron chi connectivity index (χ3n) is 3.44. The Kier molecular flexibility index (Phi) is 4.68. The summed E-state index contributed by atoms with van der Waals surface area (Å²) in [5.74, 6) is 0.858. The maximum absolute atomic E-state index is 6.09. The van der Waals surface area contributed by atoms with Crippen LogP contribution in [0.1, 0.15) is 22.9 Å². The van der Waals surface area contributed by atoms with E-state index in [-0.39, 0.29) is 6.04 Å². The van der Waals surface area contributed by atoms with Gasteiger partial charge in [-0.05, 0) is 44.2 Å². The molecule has 5 heteroatoms. The van der Waals surface area contributed by atoms with Crippen LogP contribution in [0.3, 0.4) is 0 Å². The molecule has 0 saturated heterocycles. The summed E-state index contributed by atoms with van der Waals surface area (Å²) in [4.78, 5) is 0. The summed E-state index contributed by atoms with van der Waals surface area (Å²) in [6.45, 7) is 2.02. The number of likely N-dealkylation sites (N-methyl/N-ethyl adjacent to an activating group) is 1. The van der Waals surface area contributed by atoms with E-state index >= 15 is 0 Å². The van der Waals surface area contributed by atoms with Crippen LogP contribution >= 0.6 is 11.6 Å². The normalized spacial score (nSPS) is 12.4. The summed E-state index contributed by atoms with van der Waals surface area (Å²) in [5.41, 5.74) is 3.31. The Morgan fingerprint density at radius 3 is 2.75 bits per heavy atom. The first-order valence-electron chi connectivity index (χ1n) is 6.55. The van der Waals surface area contributed by atoms with Crippen LogP contribution in [-0.2, 0) is 13.5 Å². The van der Waals surface area contributed by atoms with Gasteiger partial charge in [-0.25, -0.2) is 0 Å². The molecule has 1 aromatic heterocycles. The summed E-state index contributed by atoms with van der Waals surface area (Å²) in [5, 5.41) is 8.46. The highest BCUT2D eigenvalue weighted by Crippen LogP contribution is 2.28. The number of benzene rings is 1. The Balaban J connectivity index is 2.31. The van der Waals surface area contributed by atoms with Gasteiger partial charge in [0, 0.05) is 29.9 Å². The molecule has 0 aliphatic carbocycles. The SMILES string of the molecule is CNC(Cc1cc(Cl)ccc1OC)c1cn(C)nc1C. The van der Waals surface area contributed by atoms with Crippen molar-refractivity contribution in [2.45, 2.75) is 19.4 Å². The lowest BCUT2D eigenvalue weighted by atomic mass is 9.99. The van der Waals surface area contributed by atoms with Crippen molar-refractivity contribution in [2.75, 3.05) is 14.2 Å². The molecule has 108 valence electrons. The molecule has 1 heterocycles. The van der Waals surface area contributed by atoms with Crippen LogP contribution in [0.5, 0.6) is 5.75 Å². The van der Waals surface area contributed by atoms with Gasteiger partial charge in [0.1, 0.15) is 5.75 Å². The molecule has 0 bridgehead atoms. The van der Waals surface area contributed by atoms with E-state index in [0.717, 1.165) is 28.5 Å². The van der Waals surface area contributed by atoms with Crippen LogP contribution in [0.15, 0.2) is 24.4 Å². The number of hydrogen-bond acceptors (Lipinski definition) is 3. The van der Waals surface area contributed by atoms with Crippen molar-refractivity contribution in [1.82, 2.24) is 15.1 Å². The number of rotatable bonds is 5. The van der Waals surface area contributed by atoms with Crippen molar-refractivity contribution in [3.05, 3.63) is 46.2 Å². The van der Waals surface area contributed by atoms with E-state index in [0.29, 0.717) is 0 Å². The van der Waals surface area contributed by atoms with Gasteiger partial charge in [-0.1, -0.05) is 11.6 Å². The van der Waals surface area contributed by atoms with Crippen molar-refractivity contribution >= 4 is 11.6 Å². The monoisotopic (exact) mass is 293 g/mol. The fraction of sp³-hybridized carbons (Fsp3) is 0.400. The summed E-state index contributed by atoms with van der Waals surface area (Å²) in [6.07, 6.45) is 2.85. The average molecular weight is 294 g/mol. The van der Waals surface area contributed by atoms with Gasteiger partial charge in [0.2, 0.25) is 0 Å². The molecule has 2 aromatic rings. The van der Waals surface area contributed by atoms with Gasteiger partial charge >= 0.3 is 0 Å². The molecule has 0 saturated carbocycles. The molecule has 2 rings (SSSR count). The zero-order valence-corrected chi connectivity index (χ0v) is 13.0. The summed E-state index contributed by atoms with van der Waals surface area (Å²) < 4.78 is 7.25. The predicted octanol–water partition coefficient (Wildman–Crippen LogP) is 2.89. The quantitative estimate of drug-likeness (QED) is 0.921. The van der Waals surface area contributed by atoms with Crippen molar-refractivity contribution in [2.24, 2.45) is 7.05 Å². The molecule has 0 radical (unpaired) electrons. The Labute approximate surface area is 124 Å². The maximum Gasteiger partial charge on any atom is 0.122 e. The second kappa shape index (κ2) is 6.29. The predicted molar refractivity (Wildman–Crippen MR) is 81.5 cm³/mol. The van der Waals surface area contributed by atoms with Gasteiger partial charge in [-0.3, -0.25) is 4.68 Å². The van der Waals surface area contributed by atoms with Crippen LogP contribution in [0, 0.1) is 6.92 Å². The zero-order valence-electron chi connectivity index (χ0n) is 12.3. The minimum Gasteiger partial charge on any atom is -0.496 e. The van der Waals surface area contributed by atoms with Crippen molar-refractivity contribution in [1.29, 1.82) is 0 Å². The minimum atomic E-state index is 0.177. The molecule has 20 heavy (non-hydrogen) atoms. The van der Waals surface area contributed by atoms with Crippen LogP contribution in [0.2, 0.25) is 5.02 Å². The third kappa shape index (κ3) is 3.14. The molecule has 0 fully saturated rings. The molecule has 4 nitrogen and oxygen atoms in total. The summed E-state index contributed by atoms with van der Waals surface area (Å²) >= 11 is 6.09. The van der Waals surface area contributed by atoms with E-state index in [1.54, 1.807) is 7.11 Å². The minimum absolute atomic E-state index is 0.177. The number of nitrogens with one attached hydrogen (secondary N) is 1. The smallest absolute Gasteiger partial charge is 0.122 e. The number of hydrogen-bond donors (Lipinski definition) is 1. The van der Waals surface area contributed by atoms with E-state index in [1.807, 2.05) is 50.1 Å². The lowest BCUT2D eigenvalue weighted by Crippen LogP contribution is -2.19. The van der Waals surface area contributed by atoms with Crippen LogP contribution in [0.4, 0.5) is 0 Å². The molecule has 0 aliphatic heterocycles. The molecule has 1 atom stereocenters. The Bertz CT molecular complexity index is 595. The highest BCUT2D eigenvalue weighted by atomic mass is 35.5. The second-order valence-corrected chi connectivity index (χ2v) is 5.28. The standard InChI is InChI=1S/C15H20ClN3O/c1-10-13(9-19(3)18-10)14(17-2)8-11-7-12(16)5-6-15(11)20-4/h5-7,9,14,17H,8H2,1-4H3. The topological polar surface area (TPSA) is 39.1 Å². The van der Waals surface area contributed by atoms with Crippen molar-refractivity contribution < 1.29 is 4.74 Å². The first-order valence-corrected chi connectivity index (χ1v) is 6.92. The number of halogens is 1. The number of methoxy groups -OCH3 is 1. The molecule has 1 aromatic carbocycles. The molecule has 0 spiro atoms. The van der Waals surface area contributed by atoms with Gasteiger partial charge < -0.3 is 10.1 Å². The average Bonchev–Trinajstić information content (AvgIpc) is 2.75. The number of aromatic nitrogens is 2. The number of ether oxygens (including phenoxy) is 1. The second-order valence-electron chi connectivity index (χ2n) is 4.85. The molecule has 0 amide bonds. The van der Waals surface area contributed by atoms with E-state index in [1.165, 1.54) is 5.56 Å². The van der Waals surface area contributed by atoms with Gasteiger partial charge in [-0.15, -0.1) is 0 Å². The fourth-order valence-corrected chi connectivity index (χ4v) is 2.65. The van der Waals surface area contributed by atoms with E-state index in [4.69, 9.17) is 16.3 Å². The Morgan fingerprint density at radius 1 is 1.45 bits per heavy atom. The molecule has 0 aliphatic rings. The lowest BCUT2D eigenvalue weighted by Gasteiger charge is -2.17. The van der Waals surface area contributed by atoms with Gasteiger partial charge in [0.05, 0.1) is 12.8 Å². The van der Waals surface area contributed by atoms with E-state index < -0.39 is 0 Å². The first-order chi connectivity index (χ1) is 9.55. The molecule has 1 N–H and O–H groups in total. The fourth-order valence-electron chi connectivity index (χ4n) is 2.45. The largest absolute Gasteiger partial charge is 0.496 e. The zero-order chi connectivity index (χ0) is 14.7. The van der Waals surface area contributed by atoms with E-state index in [9.17, 15) is 0 Å². The van der Waals surface area contributed by atoms with Crippen LogP contribution < -0.4 is 10.1 Å². The van der Waals surface area contributed by atoms with Crippen molar-refractivity contribution in [3.8, 4) is 5.75 Å². The summed E-state index contributed by atoms with van der Waals surface area (Å²) in [6, 6.07) is 5.88. The highest BCUT2D eigenvalue weighted by Gasteiger charge is 2.17. The Morgan fingerprint density at radius 2 is 2.20 bits per heavy atom. The molecular weight excluding hydrogens is 274 g/mol. The lowest BCUT2D eigenvalue weighted by molar-refractivity contribution is 0.406. The third-order valence-corrected chi connectivity index (χ3v) is 3.68. The molecule has 1 unspecified atom stereocenters. The van der Waals surface area contributed by atoms with Crippen molar-refractivity contribution in [3.63, 3.8) is 0 Å². The Hall–Kier alpha value is -1.52. The van der Waals surface area contributed by atoms with E-state index in [2.05, 4.69) is 10.4 Å². The highest BCUT2D eigenvalue weighted by molar-refractivity contribution is 6.30. The summed E-state index contributed by atoms with van der Waals surface area (Å²) in [7, 11) is 5.56. The first kappa shape index (κ1) is 14.9. The van der Waals surface area contributed by atoms with Gasteiger partial charge in [0.25, 0.3) is 0 Å². The van der Waals surface area contributed by atoms with Gasteiger partial charge in [0.15, 0.2) is 0 Å². The molecular formula is C15H20ClN3O. The number of nitrogens with zero attached hydrogens (tertiary/aromatic N) is 2. The van der Waals surface area contributed by atoms with Crippen LogP contribution in [0.25, 0.3) is 0 Å². The maximum atomic E-state index is 6.09. The van der Waals surface area contributed by atoms with Gasteiger partial charge in [-0.2, -0.15) is 5.10 Å². The van der Waals surface area contributed by atoms with Crippen LogP contribution in [-0.4, -0.2) is 23.9 Å². The number of aryl methyl sites for hydroxylation is 2.